The van der Waals surface area contributed by atoms with Crippen LogP contribution in [-0.2, 0) is 34.5 Å². The fourth-order valence-corrected chi connectivity index (χ4v) is 10.8. The molecule has 4 amide bonds. The normalized spacial score (nSPS) is 18.1. The van der Waals surface area contributed by atoms with Crippen LogP contribution in [0.5, 0.6) is 11.5 Å². The van der Waals surface area contributed by atoms with Crippen molar-refractivity contribution in [1.82, 2.24) is 30.0 Å². The molecule has 3 saturated heterocycles. The SMILES string of the molecule is COc1cc(N2CCC(N3CCN(C(=O)CCCCCCOc4ccc5c(c4)CN(C4CCC(=O)NC4=O)C5=O)CC3)CC2)ccc1Nc1ncc(Cl)c(Nc2ccccc2P(=O)(OC)OC)n1. The number of benzene rings is 3. The predicted octanol–water partition coefficient (Wildman–Crippen LogP) is 6.64. The van der Waals surface area contributed by atoms with Crippen LogP contribution in [0.2, 0.25) is 5.02 Å². The summed E-state index contributed by atoms with van der Waals surface area (Å²) in [5, 5.41) is 9.34. The first-order chi connectivity index (χ1) is 33.0. The number of unbranched alkanes of at least 4 members (excludes halogenated alkanes) is 3. The maximum absolute atomic E-state index is 13.2. The summed E-state index contributed by atoms with van der Waals surface area (Å²) in [7, 11) is 0.718. The van der Waals surface area contributed by atoms with Crippen LogP contribution in [0.1, 0.15) is 73.7 Å². The number of aromatic nitrogens is 2. The Morgan fingerprint density at radius 1 is 0.868 bits per heavy atom. The van der Waals surface area contributed by atoms with Crippen molar-refractivity contribution in [2.24, 2.45) is 0 Å². The summed E-state index contributed by atoms with van der Waals surface area (Å²) in [6, 6.07) is 18.2. The van der Waals surface area contributed by atoms with Gasteiger partial charge in [0.05, 0.1) is 36.6 Å². The van der Waals surface area contributed by atoms with Crippen molar-refractivity contribution in [2.75, 3.05) is 82.7 Å². The molecule has 4 aliphatic rings. The fraction of sp³-hybridized carbons (Fsp3) is 0.458. The number of hydrogen-bond acceptors (Lipinski definition) is 15. The highest BCUT2D eigenvalue weighted by Crippen LogP contribution is 2.47. The Labute approximate surface area is 401 Å². The summed E-state index contributed by atoms with van der Waals surface area (Å²) < 4.78 is 35.5. The van der Waals surface area contributed by atoms with Crippen LogP contribution in [0.4, 0.5) is 28.8 Å². The topological polar surface area (TPSA) is 197 Å². The molecule has 0 spiro atoms. The molecule has 362 valence electrons. The van der Waals surface area contributed by atoms with Crippen molar-refractivity contribution < 1.29 is 42.3 Å². The van der Waals surface area contributed by atoms with Gasteiger partial charge in [-0.25, -0.2) is 4.98 Å². The number of piperazine rings is 1. The third kappa shape index (κ3) is 11.2. The summed E-state index contributed by atoms with van der Waals surface area (Å²) in [5.41, 5.74) is 3.59. The van der Waals surface area contributed by atoms with Gasteiger partial charge in [-0.05, 0) is 80.1 Å². The van der Waals surface area contributed by atoms with Crippen LogP contribution in [0.3, 0.4) is 0 Å². The van der Waals surface area contributed by atoms with Crippen LogP contribution in [0.15, 0.2) is 66.9 Å². The second kappa shape index (κ2) is 22.1. The van der Waals surface area contributed by atoms with Gasteiger partial charge in [0.15, 0.2) is 5.82 Å². The van der Waals surface area contributed by atoms with Crippen LogP contribution < -0.4 is 35.6 Å². The Morgan fingerprint density at radius 3 is 2.38 bits per heavy atom. The lowest BCUT2D eigenvalue weighted by Gasteiger charge is -2.43. The maximum Gasteiger partial charge on any atom is 0.362 e. The molecule has 0 aliphatic carbocycles. The van der Waals surface area contributed by atoms with Gasteiger partial charge >= 0.3 is 7.60 Å². The number of amides is 4. The Morgan fingerprint density at radius 2 is 1.63 bits per heavy atom. The van der Waals surface area contributed by atoms with E-state index in [-0.39, 0.29) is 35.1 Å². The molecule has 1 aromatic heterocycles. The van der Waals surface area contributed by atoms with E-state index in [9.17, 15) is 23.7 Å². The van der Waals surface area contributed by atoms with Gasteiger partial charge < -0.3 is 43.9 Å². The number of carbonyl (C=O) groups is 4. The molecule has 3 N–H and O–H groups in total. The third-order valence-electron chi connectivity index (χ3n) is 13.2. The number of imide groups is 1. The van der Waals surface area contributed by atoms with Crippen molar-refractivity contribution in [3.05, 3.63) is 83.0 Å². The van der Waals surface area contributed by atoms with Crippen LogP contribution >= 0.6 is 19.2 Å². The lowest BCUT2D eigenvalue weighted by molar-refractivity contribution is -0.137. The molecule has 4 aliphatic heterocycles. The number of hydrogen-bond donors (Lipinski definition) is 3. The number of ether oxygens (including phenoxy) is 2. The molecule has 20 heteroatoms. The summed E-state index contributed by atoms with van der Waals surface area (Å²) in [6.45, 7) is 5.92. The zero-order valence-electron chi connectivity index (χ0n) is 38.7. The molecular formula is C48H59ClN9O9P. The highest BCUT2D eigenvalue weighted by molar-refractivity contribution is 7.62. The van der Waals surface area contributed by atoms with E-state index in [0.29, 0.717) is 71.6 Å². The van der Waals surface area contributed by atoms with E-state index >= 15 is 0 Å². The quantitative estimate of drug-likeness (QED) is 0.0513. The standard InChI is InChI=1S/C48H59ClN9O9P/c1-64-41-29-34(13-16-38(41)52-48-50-30-37(49)45(54-48)51-39-10-7-8-11-42(39)68(63,65-2)66-3)55-21-19-33(20-22-55)56-23-25-57(26-24-56)44(60)12-6-4-5-9-27-67-35-14-15-36-32(28-35)31-58(47(36)62)40-17-18-43(59)53-46(40)61/h7-8,10-11,13-16,28-30,33,40H,4-6,9,12,17-27,31H2,1-3H3,(H,53,59,61)(H2,50,51,52,54). The van der Waals surface area contributed by atoms with Crippen LogP contribution in [0, 0.1) is 0 Å². The summed E-state index contributed by atoms with van der Waals surface area (Å²) in [5.74, 6) is 1.20. The van der Waals surface area contributed by atoms with Gasteiger partial charge in [-0.15, -0.1) is 0 Å². The smallest absolute Gasteiger partial charge is 0.362 e. The summed E-state index contributed by atoms with van der Waals surface area (Å²) in [6.07, 6.45) is 8.23. The molecule has 8 rings (SSSR count). The highest BCUT2D eigenvalue weighted by Gasteiger charge is 2.39. The average Bonchev–Trinajstić information content (AvgIpc) is 3.69. The summed E-state index contributed by atoms with van der Waals surface area (Å²) in [4.78, 5) is 67.5. The maximum atomic E-state index is 13.2. The molecule has 4 aromatic rings. The predicted molar refractivity (Wildman–Crippen MR) is 259 cm³/mol. The van der Waals surface area contributed by atoms with E-state index in [1.165, 1.54) is 25.3 Å². The number of carbonyl (C=O) groups excluding carboxylic acids is 4. The van der Waals surface area contributed by atoms with Gasteiger partial charge in [-0.1, -0.05) is 36.6 Å². The van der Waals surface area contributed by atoms with Gasteiger partial charge in [0.25, 0.3) is 5.91 Å². The van der Waals surface area contributed by atoms with Crippen molar-refractivity contribution in [3.8, 4) is 11.5 Å². The van der Waals surface area contributed by atoms with Crippen molar-refractivity contribution in [1.29, 1.82) is 0 Å². The van der Waals surface area contributed by atoms with Crippen LogP contribution in [0.25, 0.3) is 0 Å². The number of para-hydroxylation sites is 1. The minimum Gasteiger partial charge on any atom is -0.494 e. The zero-order chi connectivity index (χ0) is 47.8. The Bertz CT molecular complexity index is 2530. The first kappa shape index (κ1) is 48.7. The van der Waals surface area contributed by atoms with E-state index in [0.717, 1.165) is 89.0 Å². The van der Waals surface area contributed by atoms with E-state index in [4.69, 9.17) is 30.1 Å². The molecule has 1 atom stereocenters. The minimum atomic E-state index is -3.57. The molecule has 5 heterocycles. The minimum absolute atomic E-state index is 0.198. The third-order valence-corrected chi connectivity index (χ3v) is 15.4. The van der Waals surface area contributed by atoms with Gasteiger partial charge in [-0.2, -0.15) is 4.98 Å². The Hall–Kier alpha value is -5.78. The lowest BCUT2D eigenvalue weighted by Crippen LogP contribution is -2.54. The van der Waals surface area contributed by atoms with Crippen LogP contribution in [-0.4, -0.2) is 128 Å². The molecule has 1 unspecified atom stereocenters. The molecular weight excluding hydrogens is 913 g/mol. The lowest BCUT2D eigenvalue weighted by atomic mass is 10.0. The molecule has 0 bridgehead atoms. The first-order valence-electron chi connectivity index (χ1n) is 23.2. The second-order valence-electron chi connectivity index (χ2n) is 17.3. The first-order valence-corrected chi connectivity index (χ1v) is 25.1. The number of anilines is 5. The number of nitrogens with zero attached hydrogens (tertiary/aromatic N) is 6. The Kier molecular flexibility index (Phi) is 15.8. The number of halogens is 1. The van der Waals surface area contributed by atoms with Gasteiger partial charge in [0, 0.05) is 96.2 Å². The average molecular weight is 972 g/mol. The fourth-order valence-electron chi connectivity index (χ4n) is 9.38. The van der Waals surface area contributed by atoms with E-state index in [1.54, 1.807) is 43.5 Å². The number of methoxy groups -OCH3 is 1. The van der Waals surface area contributed by atoms with Gasteiger partial charge in [0.2, 0.25) is 23.7 Å². The molecule has 68 heavy (non-hydrogen) atoms. The molecule has 3 fully saturated rings. The van der Waals surface area contributed by atoms with E-state index < -0.39 is 19.5 Å². The zero-order valence-corrected chi connectivity index (χ0v) is 40.4. The van der Waals surface area contributed by atoms with Crippen molar-refractivity contribution in [3.63, 3.8) is 0 Å². The second-order valence-corrected chi connectivity index (χ2v) is 19.9. The number of piperidine rings is 2. The molecule has 3 aromatic carbocycles. The molecule has 18 nitrogen and oxygen atoms in total. The number of rotatable bonds is 19. The van der Waals surface area contributed by atoms with Gasteiger partial charge in [0.1, 0.15) is 22.6 Å². The monoisotopic (exact) mass is 971 g/mol. The molecule has 0 radical (unpaired) electrons. The summed E-state index contributed by atoms with van der Waals surface area (Å²) >= 11 is 6.49. The molecule has 0 saturated carbocycles. The van der Waals surface area contributed by atoms with Crippen molar-refractivity contribution in [2.45, 2.75) is 76.4 Å². The largest absolute Gasteiger partial charge is 0.494 e. The highest BCUT2D eigenvalue weighted by atomic mass is 35.5. The van der Waals surface area contributed by atoms with Gasteiger partial charge in [-0.3, -0.25) is 34.0 Å². The Balaban J connectivity index is 0.727. The number of nitrogens with one attached hydrogen (secondary N) is 3. The number of fused-ring (bicyclic) bond motifs is 1. The van der Waals surface area contributed by atoms with E-state index in [2.05, 4.69) is 41.8 Å². The van der Waals surface area contributed by atoms with E-state index in [1.807, 2.05) is 23.1 Å². The van der Waals surface area contributed by atoms with Crippen molar-refractivity contribution >= 4 is 77.0 Å².